The molecule has 2 aromatic carbocycles. The lowest BCUT2D eigenvalue weighted by Crippen LogP contribution is -2.34. The quantitative estimate of drug-likeness (QED) is 0.164. The standard InChI is InChI=1S/C35H37N3O4S4/c1-4-7-22-37-32(40)26(44-34(37)31-33(41)38(35(43)46-31)23-14-19-28(39)42-6-3)20-21-27-36(5-2)29(24-15-10-8-11-16-24)30(45-27)25-17-12-9-13-18-25/h8-13,15-18,20-21H,4-7,14,19,22-23H2,1-3H3. The van der Waals surface area contributed by atoms with Gasteiger partial charge in [0.25, 0.3) is 11.5 Å². The van der Waals surface area contributed by atoms with E-state index in [0.717, 1.165) is 41.2 Å². The maximum Gasteiger partial charge on any atom is 0.305 e. The van der Waals surface area contributed by atoms with E-state index in [1.807, 2.05) is 24.3 Å². The number of ether oxygens (including phenoxy) is 1. The summed E-state index contributed by atoms with van der Waals surface area (Å²) >= 11 is 9.83. The number of esters is 1. The van der Waals surface area contributed by atoms with Gasteiger partial charge in [-0.1, -0.05) is 110 Å². The molecule has 1 aromatic heterocycles. The molecule has 0 N–H and O–H groups in total. The number of thioether (sulfide) groups is 2. The van der Waals surface area contributed by atoms with Crippen molar-refractivity contribution in [1.82, 2.24) is 14.4 Å². The zero-order valence-electron chi connectivity index (χ0n) is 26.2. The molecule has 1 amide bonds. The Labute approximate surface area is 287 Å². The van der Waals surface area contributed by atoms with Gasteiger partial charge in [0.05, 0.1) is 21.9 Å². The van der Waals surface area contributed by atoms with Crippen molar-refractivity contribution in [1.29, 1.82) is 0 Å². The van der Waals surface area contributed by atoms with Crippen LogP contribution in [0.1, 0.15) is 57.6 Å². The molecule has 0 spiro atoms. The van der Waals surface area contributed by atoms with Crippen LogP contribution in [-0.2, 0) is 20.9 Å². The van der Waals surface area contributed by atoms with Crippen LogP contribution in [0.2, 0.25) is 0 Å². The zero-order valence-corrected chi connectivity index (χ0v) is 29.5. The minimum atomic E-state index is -0.290. The third kappa shape index (κ3) is 7.43. The highest BCUT2D eigenvalue weighted by Gasteiger charge is 2.34. The summed E-state index contributed by atoms with van der Waals surface area (Å²) in [5, 5.41) is 1.03. The smallest absolute Gasteiger partial charge is 0.305 e. The van der Waals surface area contributed by atoms with Crippen molar-refractivity contribution in [2.45, 2.75) is 53.0 Å². The monoisotopic (exact) mass is 691 g/mol. The second-order valence-electron chi connectivity index (χ2n) is 10.6. The summed E-state index contributed by atoms with van der Waals surface area (Å²) in [6.45, 7) is 7.91. The van der Waals surface area contributed by atoms with Crippen LogP contribution >= 0.6 is 47.1 Å². The molecule has 1 saturated heterocycles. The Balaban J connectivity index is 1.52. The Kier molecular flexibility index (Phi) is 11.8. The van der Waals surface area contributed by atoms with E-state index in [1.54, 1.807) is 23.3 Å². The van der Waals surface area contributed by atoms with E-state index in [2.05, 4.69) is 67.3 Å². The van der Waals surface area contributed by atoms with E-state index < -0.39 is 0 Å². The van der Waals surface area contributed by atoms with Crippen LogP contribution < -0.4 is 14.8 Å². The van der Waals surface area contributed by atoms with Gasteiger partial charge < -0.3 is 9.64 Å². The summed E-state index contributed by atoms with van der Waals surface area (Å²) in [5.74, 6) is -0.509. The van der Waals surface area contributed by atoms with Gasteiger partial charge in [-0.05, 0) is 50.0 Å². The third-order valence-corrected chi connectivity index (χ3v) is 11.4. The molecule has 3 heterocycles. The normalized spacial score (nSPS) is 17.6. The molecule has 11 heteroatoms. The average Bonchev–Trinajstić information content (AvgIpc) is 3.69. The van der Waals surface area contributed by atoms with E-state index >= 15 is 0 Å². The SMILES string of the molecule is CCCCn1c(=C2SC(=S)N(CCCC(=O)OCC)C2=O)sc(=CC=C2SC(c3ccccc3)=C(c3ccccc3)N2CC)c1=O. The first-order chi connectivity index (χ1) is 22.4. The molecule has 5 rings (SSSR count). The molecule has 0 unspecified atom stereocenters. The number of aromatic nitrogens is 1. The van der Waals surface area contributed by atoms with Crippen LogP contribution in [0.3, 0.4) is 0 Å². The summed E-state index contributed by atoms with van der Waals surface area (Å²) in [4.78, 5) is 44.6. The number of carbonyl (C=O) groups is 2. The number of thiocarbonyl (C=S) groups is 1. The zero-order chi connectivity index (χ0) is 32.6. The van der Waals surface area contributed by atoms with Gasteiger partial charge in [-0.15, -0.1) is 11.3 Å². The molecule has 1 fully saturated rings. The first-order valence-corrected chi connectivity index (χ1v) is 18.4. The van der Waals surface area contributed by atoms with E-state index in [4.69, 9.17) is 17.0 Å². The lowest BCUT2D eigenvalue weighted by atomic mass is 10.1. The highest BCUT2D eigenvalue weighted by Crippen LogP contribution is 2.50. The Morgan fingerprint density at radius 2 is 1.54 bits per heavy atom. The van der Waals surface area contributed by atoms with Crippen LogP contribution in [-0.4, -0.2) is 50.3 Å². The second-order valence-corrected chi connectivity index (χ2v) is 14.3. The van der Waals surface area contributed by atoms with Crippen molar-refractivity contribution in [2.24, 2.45) is 0 Å². The number of nitrogens with zero attached hydrogens (tertiary/aromatic N) is 3. The molecule has 0 radical (unpaired) electrons. The second kappa shape index (κ2) is 15.9. The number of unbranched alkanes of at least 4 members (excludes halogenated alkanes) is 1. The largest absolute Gasteiger partial charge is 0.466 e. The lowest BCUT2D eigenvalue weighted by Gasteiger charge is -2.21. The van der Waals surface area contributed by atoms with E-state index in [0.29, 0.717) is 44.5 Å². The van der Waals surface area contributed by atoms with Gasteiger partial charge in [0.2, 0.25) is 0 Å². The minimum absolute atomic E-state index is 0.108. The number of carbonyl (C=O) groups excluding carboxylic acids is 2. The molecule has 0 saturated carbocycles. The first-order valence-electron chi connectivity index (χ1n) is 15.5. The molecule has 3 aromatic rings. The molecule has 7 nitrogen and oxygen atoms in total. The number of benzene rings is 2. The van der Waals surface area contributed by atoms with Crippen molar-refractivity contribution >= 4 is 84.9 Å². The molecule has 0 bridgehead atoms. The predicted octanol–water partition coefficient (Wildman–Crippen LogP) is 6.24. The van der Waals surface area contributed by atoms with Crippen molar-refractivity contribution in [2.75, 3.05) is 19.7 Å². The molecular weight excluding hydrogens is 655 g/mol. The highest BCUT2D eigenvalue weighted by molar-refractivity contribution is 8.30. The fourth-order valence-electron chi connectivity index (χ4n) is 5.25. The van der Waals surface area contributed by atoms with Crippen LogP contribution in [0.25, 0.3) is 21.6 Å². The topological polar surface area (TPSA) is 71.8 Å². The third-order valence-electron chi connectivity index (χ3n) is 7.49. The summed E-state index contributed by atoms with van der Waals surface area (Å²) in [5.41, 5.74) is 3.31. The summed E-state index contributed by atoms with van der Waals surface area (Å²) in [6.07, 6.45) is 6.31. The highest BCUT2D eigenvalue weighted by atomic mass is 32.2. The Hall–Kier alpha value is -3.38. The van der Waals surface area contributed by atoms with Crippen molar-refractivity contribution in [3.8, 4) is 0 Å². The maximum atomic E-state index is 13.8. The maximum absolute atomic E-state index is 13.8. The minimum Gasteiger partial charge on any atom is -0.466 e. The van der Waals surface area contributed by atoms with Gasteiger partial charge in [0, 0.05) is 31.0 Å². The van der Waals surface area contributed by atoms with Crippen molar-refractivity contribution in [3.63, 3.8) is 0 Å². The van der Waals surface area contributed by atoms with Crippen LogP contribution in [0.4, 0.5) is 0 Å². The van der Waals surface area contributed by atoms with Gasteiger partial charge >= 0.3 is 5.97 Å². The average molecular weight is 692 g/mol. The van der Waals surface area contributed by atoms with E-state index in [9.17, 15) is 14.4 Å². The Morgan fingerprint density at radius 1 is 0.848 bits per heavy atom. The summed E-state index contributed by atoms with van der Waals surface area (Å²) in [6, 6.07) is 20.8. The number of hydrogen-bond acceptors (Lipinski definition) is 9. The van der Waals surface area contributed by atoms with Gasteiger partial charge in [-0.2, -0.15) is 0 Å². The predicted molar refractivity (Wildman–Crippen MR) is 196 cm³/mol. The molecule has 2 aliphatic rings. The van der Waals surface area contributed by atoms with E-state index in [1.165, 1.54) is 32.9 Å². The van der Waals surface area contributed by atoms with Gasteiger partial charge in [0.15, 0.2) is 0 Å². The lowest BCUT2D eigenvalue weighted by molar-refractivity contribution is -0.143. The van der Waals surface area contributed by atoms with Gasteiger partial charge in [-0.3, -0.25) is 23.9 Å². The molecule has 0 aliphatic carbocycles. The number of amides is 1. The molecular formula is C35H37N3O4S4. The molecule has 0 atom stereocenters. The number of rotatable bonds is 12. The summed E-state index contributed by atoms with van der Waals surface area (Å²) in [7, 11) is 0. The van der Waals surface area contributed by atoms with Gasteiger partial charge in [-0.25, -0.2) is 0 Å². The molecule has 240 valence electrons. The molecule has 2 aliphatic heterocycles. The van der Waals surface area contributed by atoms with E-state index in [-0.39, 0.29) is 23.9 Å². The number of hydrogen-bond donors (Lipinski definition) is 0. The van der Waals surface area contributed by atoms with Crippen molar-refractivity contribution in [3.05, 3.63) is 102 Å². The Morgan fingerprint density at radius 3 is 2.20 bits per heavy atom. The van der Waals surface area contributed by atoms with Crippen LogP contribution in [0.5, 0.6) is 0 Å². The van der Waals surface area contributed by atoms with Crippen LogP contribution in [0.15, 0.2) is 76.6 Å². The van der Waals surface area contributed by atoms with Crippen LogP contribution in [0, 0.1) is 0 Å². The molecule has 46 heavy (non-hydrogen) atoms. The first kappa shape index (κ1) is 34.0. The Bertz CT molecular complexity index is 1850. The van der Waals surface area contributed by atoms with Crippen molar-refractivity contribution < 1.29 is 14.3 Å². The summed E-state index contributed by atoms with van der Waals surface area (Å²) < 4.78 is 8.38. The fraction of sp³-hybridized carbons (Fsp3) is 0.314. The number of thiazole rings is 1. The van der Waals surface area contributed by atoms with Gasteiger partial charge in [0.1, 0.15) is 13.9 Å². The number of allylic oxidation sites excluding steroid dienone is 1. The fourth-order valence-corrected chi connectivity index (χ4v) is 9.04.